The Morgan fingerprint density at radius 3 is 3.00 bits per heavy atom. The van der Waals surface area contributed by atoms with E-state index >= 15 is 0 Å². The van der Waals surface area contributed by atoms with Gasteiger partial charge >= 0.3 is 0 Å². The average Bonchev–Trinajstić information content (AvgIpc) is 3.45. The Balaban J connectivity index is 1.37. The van der Waals surface area contributed by atoms with Gasteiger partial charge in [0.15, 0.2) is 23.4 Å². The van der Waals surface area contributed by atoms with Crippen molar-refractivity contribution in [2.45, 2.75) is 33.0 Å². The maximum Gasteiger partial charge on any atom is 0.265 e. The van der Waals surface area contributed by atoms with Gasteiger partial charge in [-0.3, -0.25) is 4.79 Å². The Hall–Kier alpha value is -3.11. The third-order valence-corrected chi connectivity index (χ3v) is 5.95. The molecule has 156 valence electrons. The molecular weight excluding hydrogens is 410 g/mol. The van der Waals surface area contributed by atoms with Crippen molar-refractivity contribution in [2.24, 2.45) is 0 Å². The summed E-state index contributed by atoms with van der Waals surface area (Å²) in [4.78, 5) is 18.3. The van der Waals surface area contributed by atoms with Crippen LogP contribution in [-0.2, 0) is 22.6 Å². The smallest absolute Gasteiger partial charge is 0.265 e. The van der Waals surface area contributed by atoms with Crippen LogP contribution in [0.2, 0.25) is 0 Å². The molecule has 9 nitrogen and oxygen atoms in total. The number of hydrogen-bond acceptors (Lipinski definition) is 9. The molecule has 5 rings (SSSR count). The largest absolute Gasteiger partial charge is 0.481 e. The normalized spacial score (nSPS) is 15.5. The monoisotopic (exact) mass is 429 g/mol. The van der Waals surface area contributed by atoms with Gasteiger partial charge < -0.3 is 28.8 Å². The Kier molecular flexibility index (Phi) is 4.80. The molecule has 2 aliphatic heterocycles. The molecule has 1 atom stereocenters. The second-order valence-corrected chi connectivity index (χ2v) is 8.03. The number of anilines is 1. The zero-order valence-corrected chi connectivity index (χ0v) is 17.2. The van der Waals surface area contributed by atoms with E-state index in [-0.39, 0.29) is 12.7 Å². The van der Waals surface area contributed by atoms with Gasteiger partial charge in [-0.15, -0.1) is 11.3 Å². The van der Waals surface area contributed by atoms with Gasteiger partial charge in [0.2, 0.25) is 6.79 Å². The number of nitrogens with zero attached hydrogens (tertiary/aromatic N) is 2. The number of nitrogens with one attached hydrogen (secondary N) is 1. The lowest BCUT2D eigenvalue weighted by molar-refractivity contribution is -0.122. The number of carbonyl (C=O) groups is 1. The van der Waals surface area contributed by atoms with Gasteiger partial charge in [0.05, 0.1) is 18.8 Å². The summed E-state index contributed by atoms with van der Waals surface area (Å²) in [5, 5.41) is 7.51. The van der Waals surface area contributed by atoms with Crippen LogP contribution < -0.4 is 19.5 Å². The Labute approximate surface area is 175 Å². The van der Waals surface area contributed by atoms with Gasteiger partial charge in [-0.25, -0.2) is 0 Å². The molecule has 2 aromatic heterocycles. The molecule has 3 aromatic rings. The molecule has 2 aliphatic rings. The van der Waals surface area contributed by atoms with Gasteiger partial charge in [-0.1, -0.05) is 5.16 Å². The number of carbonyl (C=O) groups excluding carboxylic acids is 1. The van der Waals surface area contributed by atoms with Crippen LogP contribution in [0, 0.1) is 6.92 Å². The molecule has 0 saturated carbocycles. The minimum atomic E-state index is -0.738. The maximum atomic E-state index is 12.9. The zero-order chi connectivity index (χ0) is 20.7. The molecule has 0 bridgehead atoms. The predicted molar refractivity (Wildman–Crippen MR) is 107 cm³/mol. The van der Waals surface area contributed by atoms with E-state index in [1.165, 1.54) is 11.3 Å². The van der Waals surface area contributed by atoms with Crippen molar-refractivity contribution in [1.29, 1.82) is 0 Å². The van der Waals surface area contributed by atoms with E-state index in [0.717, 1.165) is 22.4 Å². The third kappa shape index (κ3) is 3.48. The molecule has 0 radical (unpaired) electrons. The second-order valence-electron chi connectivity index (χ2n) is 6.92. The quantitative estimate of drug-likeness (QED) is 0.659. The van der Waals surface area contributed by atoms with Crippen LogP contribution in [0.5, 0.6) is 17.2 Å². The highest BCUT2D eigenvalue weighted by atomic mass is 32.1. The molecule has 4 heterocycles. The maximum absolute atomic E-state index is 12.9. The van der Waals surface area contributed by atoms with E-state index < -0.39 is 6.10 Å². The topological polar surface area (TPSA) is 105 Å². The lowest BCUT2D eigenvalue weighted by atomic mass is 10.1. The molecule has 30 heavy (non-hydrogen) atoms. The lowest BCUT2D eigenvalue weighted by Gasteiger charge is -2.15. The fourth-order valence-electron chi connectivity index (χ4n) is 3.37. The fraction of sp³-hybridized carbons (Fsp3) is 0.350. The Morgan fingerprint density at radius 2 is 2.17 bits per heavy atom. The van der Waals surface area contributed by atoms with E-state index in [2.05, 4.69) is 15.5 Å². The van der Waals surface area contributed by atoms with Crippen molar-refractivity contribution < 1.29 is 28.3 Å². The molecule has 1 N–H and O–H groups in total. The van der Waals surface area contributed by atoms with Gasteiger partial charge in [0, 0.05) is 10.9 Å². The first-order valence-corrected chi connectivity index (χ1v) is 10.3. The predicted octanol–water partition coefficient (Wildman–Crippen LogP) is 3.31. The first-order valence-electron chi connectivity index (χ1n) is 9.48. The van der Waals surface area contributed by atoms with E-state index in [9.17, 15) is 4.79 Å². The van der Waals surface area contributed by atoms with Crippen molar-refractivity contribution >= 4 is 22.2 Å². The number of thiophene rings is 1. The number of rotatable bonds is 5. The van der Waals surface area contributed by atoms with Gasteiger partial charge in [-0.05, 0) is 38.0 Å². The summed E-state index contributed by atoms with van der Waals surface area (Å²) < 4.78 is 27.4. The van der Waals surface area contributed by atoms with E-state index in [1.807, 2.05) is 0 Å². The summed E-state index contributed by atoms with van der Waals surface area (Å²) in [5.41, 5.74) is 1.84. The minimum Gasteiger partial charge on any atom is -0.481 e. The standard InChI is InChI=1S/C20H19N3O6S/c1-10(28-12-3-4-14-15(7-12)27-9-26-14)18(24)22-20-17(19-21-11(2)23-29-19)13-5-6-25-8-16(13)30-20/h3-4,7,10H,5-6,8-9H2,1-2H3,(H,22,24). The summed E-state index contributed by atoms with van der Waals surface area (Å²) in [6.45, 7) is 4.74. The lowest BCUT2D eigenvalue weighted by Crippen LogP contribution is -2.30. The third-order valence-electron chi connectivity index (χ3n) is 4.82. The molecule has 1 aromatic carbocycles. The molecular formula is C20H19N3O6S. The van der Waals surface area contributed by atoms with Crippen LogP contribution in [0.25, 0.3) is 11.5 Å². The van der Waals surface area contributed by atoms with Crippen molar-refractivity contribution in [2.75, 3.05) is 18.7 Å². The van der Waals surface area contributed by atoms with Crippen molar-refractivity contribution in [1.82, 2.24) is 10.1 Å². The molecule has 1 amide bonds. The van der Waals surface area contributed by atoms with Crippen LogP contribution in [0.15, 0.2) is 22.7 Å². The van der Waals surface area contributed by atoms with Crippen LogP contribution >= 0.6 is 11.3 Å². The van der Waals surface area contributed by atoms with E-state index in [4.69, 9.17) is 23.5 Å². The van der Waals surface area contributed by atoms with Gasteiger partial charge in [0.1, 0.15) is 10.8 Å². The molecule has 0 fully saturated rings. The molecule has 0 saturated heterocycles. The number of hydrogen-bond donors (Lipinski definition) is 1. The summed E-state index contributed by atoms with van der Waals surface area (Å²) >= 11 is 1.46. The van der Waals surface area contributed by atoms with Crippen molar-refractivity contribution in [3.05, 3.63) is 34.5 Å². The number of benzene rings is 1. The molecule has 1 unspecified atom stereocenters. The SMILES string of the molecule is Cc1noc(-c2c(NC(=O)C(C)Oc3ccc4c(c3)OCO4)sc3c2CCOC3)n1. The summed E-state index contributed by atoms with van der Waals surface area (Å²) in [5.74, 6) is 2.42. The summed E-state index contributed by atoms with van der Waals surface area (Å²) in [6.07, 6.45) is -0.0140. The zero-order valence-electron chi connectivity index (χ0n) is 16.4. The highest BCUT2D eigenvalue weighted by Gasteiger charge is 2.28. The minimum absolute atomic E-state index is 0.180. The van der Waals surface area contributed by atoms with E-state index in [1.54, 1.807) is 32.0 Å². The molecule has 0 spiro atoms. The first-order chi connectivity index (χ1) is 14.6. The second kappa shape index (κ2) is 7.62. The molecule has 10 heteroatoms. The number of aromatic nitrogens is 2. The number of aryl methyl sites for hydroxylation is 1. The van der Waals surface area contributed by atoms with Crippen LogP contribution in [0.4, 0.5) is 5.00 Å². The van der Waals surface area contributed by atoms with Crippen LogP contribution in [-0.4, -0.2) is 35.6 Å². The number of ether oxygens (including phenoxy) is 4. The van der Waals surface area contributed by atoms with Crippen molar-refractivity contribution in [3.63, 3.8) is 0 Å². The molecule has 0 aliphatic carbocycles. The number of fused-ring (bicyclic) bond motifs is 2. The fourth-order valence-corrected chi connectivity index (χ4v) is 4.55. The van der Waals surface area contributed by atoms with Crippen molar-refractivity contribution in [3.8, 4) is 28.7 Å². The van der Waals surface area contributed by atoms with Gasteiger partial charge in [-0.2, -0.15) is 4.98 Å². The Bertz CT molecular complexity index is 1110. The van der Waals surface area contributed by atoms with E-state index in [0.29, 0.717) is 47.2 Å². The average molecular weight is 429 g/mol. The van der Waals surface area contributed by atoms with Crippen LogP contribution in [0.3, 0.4) is 0 Å². The van der Waals surface area contributed by atoms with Crippen LogP contribution in [0.1, 0.15) is 23.2 Å². The highest BCUT2D eigenvalue weighted by Crippen LogP contribution is 2.42. The van der Waals surface area contributed by atoms with Gasteiger partial charge in [0.25, 0.3) is 11.8 Å². The first kappa shape index (κ1) is 18.9. The number of amides is 1. The highest BCUT2D eigenvalue weighted by molar-refractivity contribution is 7.17. The summed E-state index contributed by atoms with van der Waals surface area (Å²) in [7, 11) is 0. The Morgan fingerprint density at radius 1 is 1.30 bits per heavy atom. The summed E-state index contributed by atoms with van der Waals surface area (Å²) in [6, 6.07) is 5.21.